The van der Waals surface area contributed by atoms with Crippen molar-refractivity contribution < 1.29 is 0 Å². The lowest BCUT2D eigenvalue weighted by molar-refractivity contribution is 0.441. The SMILES string of the molecule is CN.NC1CCCCC1. The number of hydrogen-bond acceptors (Lipinski definition) is 2. The third-order valence-corrected chi connectivity index (χ3v) is 1.65. The molecule has 1 saturated carbocycles. The van der Waals surface area contributed by atoms with Gasteiger partial charge in [-0.15, -0.1) is 0 Å². The number of nitrogens with two attached hydrogens (primary N) is 2. The van der Waals surface area contributed by atoms with E-state index in [9.17, 15) is 0 Å². The molecule has 0 bridgehead atoms. The molecule has 0 aromatic rings. The fourth-order valence-electron chi connectivity index (χ4n) is 1.13. The average molecular weight is 130 g/mol. The van der Waals surface area contributed by atoms with Crippen molar-refractivity contribution in [2.45, 2.75) is 38.1 Å². The molecule has 0 aromatic carbocycles. The van der Waals surface area contributed by atoms with Crippen molar-refractivity contribution in [1.29, 1.82) is 0 Å². The Kier molecular flexibility index (Phi) is 5.99. The van der Waals surface area contributed by atoms with Gasteiger partial charge in [0.15, 0.2) is 0 Å². The Morgan fingerprint density at radius 1 is 1.00 bits per heavy atom. The lowest BCUT2D eigenvalue weighted by Crippen LogP contribution is -2.22. The van der Waals surface area contributed by atoms with Crippen LogP contribution in [0.4, 0.5) is 0 Å². The normalized spacial score (nSPS) is 20.3. The zero-order valence-electron chi connectivity index (χ0n) is 6.27. The molecular formula is C7H18N2. The van der Waals surface area contributed by atoms with Crippen LogP contribution < -0.4 is 11.5 Å². The summed E-state index contributed by atoms with van der Waals surface area (Å²) in [7, 11) is 1.50. The summed E-state index contributed by atoms with van der Waals surface area (Å²) in [6.07, 6.45) is 6.66. The third-order valence-electron chi connectivity index (χ3n) is 1.65. The molecule has 2 nitrogen and oxygen atoms in total. The molecule has 0 saturated heterocycles. The number of rotatable bonds is 0. The first-order valence-corrected chi connectivity index (χ1v) is 3.73. The van der Waals surface area contributed by atoms with E-state index in [4.69, 9.17) is 5.73 Å². The van der Waals surface area contributed by atoms with Crippen LogP contribution in [-0.4, -0.2) is 13.1 Å². The van der Waals surface area contributed by atoms with Gasteiger partial charge in [0.05, 0.1) is 0 Å². The monoisotopic (exact) mass is 130 g/mol. The van der Waals surface area contributed by atoms with Gasteiger partial charge in [-0.2, -0.15) is 0 Å². The lowest BCUT2D eigenvalue weighted by Gasteiger charge is -2.15. The van der Waals surface area contributed by atoms with Gasteiger partial charge in [-0.3, -0.25) is 0 Å². The Bertz CT molecular complexity index is 48.9. The van der Waals surface area contributed by atoms with E-state index in [1.165, 1.54) is 39.2 Å². The van der Waals surface area contributed by atoms with Crippen molar-refractivity contribution in [2.75, 3.05) is 7.05 Å². The summed E-state index contributed by atoms with van der Waals surface area (Å²) in [6.45, 7) is 0. The highest BCUT2D eigenvalue weighted by Gasteiger charge is 2.06. The molecule has 0 aliphatic heterocycles. The zero-order chi connectivity index (χ0) is 7.11. The largest absolute Gasteiger partial charge is 0.333 e. The summed E-state index contributed by atoms with van der Waals surface area (Å²) in [6, 6.07) is 0.536. The highest BCUT2D eigenvalue weighted by molar-refractivity contribution is 4.66. The predicted molar refractivity (Wildman–Crippen MR) is 41.2 cm³/mol. The van der Waals surface area contributed by atoms with E-state index >= 15 is 0 Å². The standard InChI is InChI=1S/C6H13N.CH5N/c7-6-4-2-1-3-5-6;1-2/h6H,1-5,7H2;2H2,1H3. The van der Waals surface area contributed by atoms with Crippen LogP contribution in [0, 0.1) is 0 Å². The molecule has 2 heteroatoms. The first kappa shape index (κ1) is 8.92. The molecular weight excluding hydrogens is 112 g/mol. The van der Waals surface area contributed by atoms with E-state index in [1.54, 1.807) is 0 Å². The molecule has 0 atom stereocenters. The molecule has 0 spiro atoms. The summed E-state index contributed by atoms with van der Waals surface area (Å²) in [4.78, 5) is 0. The Balaban J connectivity index is 0.000000291. The van der Waals surface area contributed by atoms with Crippen LogP contribution in [-0.2, 0) is 0 Å². The third kappa shape index (κ3) is 4.43. The summed E-state index contributed by atoms with van der Waals surface area (Å²) in [5.41, 5.74) is 10.1. The predicted octanol–water partition coefficient (Wildman–Crippen LogP) is 0.853. The van der Waals surface area contributed by atoms with Gasteiger partial charge in [0.2, 0.25) is 0 Å². The first-order valence-electron chi connectivity index (χ1n) is 3.73. The molecule has 0 amide bonds. The van der Waals surface area contributed by atoms with Gasteiger partial charge in [-0.25, -0.2) is 0 Å². The summed E-state index contributed by atoms with van der Waals surface area (Å²) in [5.74, 6) is 0. The highest BCUT2D eigenvalue weighted by Crippen LogP contribution is 2.14. The highest BCUT2D eigenvalue weighted by atomic mass is 14.6. The quantitative estimate of drug-likeness (QED) is 0.511. The van der Waals surface area contributed by atoms with E-state index in [1.807, 2.05) is 0 Å². The fourth-order valence-corrected chi connectivity index (χ4v) is 1.13. The summed E-state index contributed by atoms with van der Waals surface area (Å²) < 4.78 is 0. The molecule has 0 radical (unpaired) electrons. The van der Waals surface area contributed by atoms with Gasteiger partial charge in [0.25, 0.3) is 0 Å². The van der Waals surface area contributed by atoms with E-state index in [0.717, 1.165) is 0 Å². The van der Waals surface area contributed by atoms with Gasteiger partial charge in [-0.05, 0) is 19.9 Å². The number of hydrogen-bond donors (Lipinski definition) is 2. The fraction of sp³-hybridized carbons (Fsp3) is 1.00. The van der Waals surface area contributed by atoms with Crippen molar-refractivity contribution in [1.82, 2.24) is 0 Å². The van der Waals surface area contributed by atoms with E-state index in [2.05, 4.69) is 5.73 Å². The average Bonchev–Trinajstić information content (AvgIpc) is 1.94. The zero-order valence-corrected chi connectivity index (χ0v) is 6.27. The van der Waals surface area contributed by atoms with Crippen LogP contribution in [0.2, 0.25) is 0 Å². The first-order chi connectivity index (χ1) is 4.39. The molecule has 4 N–H and O–H groups in total. The van der Waals surface area contributed by atoms with Crippen LogP contribution >= 0.6 is 0 Å². The Morgan fingerprint density at radius 3 is 1.67 bits per heavy atom. The van der Waals surface area contributed by atoms with E-state index < -0.39 is 0 Å². The maximum atomic E-state index is 5.63. The van der Waals surface area contributed by atoms with E-state index in [0.29, 0.717) is 6.04 Å². The summed E-state index contributed by atoms with van der Waals surface area (Å²) >= 11 is 0. The van der Waals surface area contributed by atoms with Gasteiger partial charge in [0, 0.05) is 6.04 Å². The van der Waals surface area contributed by atoms with Crippen molar-refractivity contribution in [3.8, 4) is 0 Å². The Labute approximate surface area is 57.6 Å². The summed E-state index contributed by atoms with van der Waals surface area (Å²) in [5, 5.41) is 0. The van der Waals surface area contributed by atoms with Crippen molar-refractivity contribution in [2.24, 2.45) is 11.5 Å². The van der Waals surface area contributed by atoms with E-state index in [-0.39, 0.29) is 0 Å². The van der Waals surface area contributed by atoms with Crippen LogP contribution in [0.5, 0.6) is 0 Å². The second kappa shape index (κ2) is 6.05. The smallest absolute Gasteiger partial charge is 0.00388 e. The molecule has 56 valence electrons. The van der Waals surface area contributed by atoms with Gasteiger partial charge in [-0.1, -0.05) is 19.3 Å². The topological polar surface area (TPSA) is 52.0 Å². The van der Waals surface area contributed by atoms with Crippen molar-refractivity contribution in [3.05, 3.63) is 0 Å². The molecule has 1 aliphatic carbocycles. The van der Waals surface area contributed by atoms with Crippen LogP contribution in [0.1, 0.15) is 32.1 Å². The van der Waals surface area contributed by atoms with Crippen LogP contribution in [0.3, 0.4) is 0 Å². The minimum Gasteiger partial charge on any atom is -0.333 e. The maximum absolute atomic E-state index is 5.63. The molecule has 1 aliphatic rings. The van der Waals surface area contributed by atoms with Gasteiger partial charge < -0.3 is 11.5 Å². The molecule has 0 aromatic heterocycles. The van der Waals surface area contributed by atoms with Gasteiger partial charge in [0.1, 0.15) is 0 Å². The minimum atomic E-state index is 0.536. The Hall–Kier alpha value is -0.0800. The minimum absolute atomic E-state index is 0.536. The molecule has 1 rings (SSSR count). The van der Waals surface area contributed by atoms with Crippen LogP contribution in [0.25, 0.3) is 0 Å². The lowest BCUT2D eigenvalue weighted by atomic mass is 9.97. The second-order valence-corrected chi connectivity index (χ2v) is 2.40. The van der Waals surface area contributed by atoms with Crippen molar-refractivity contribution >= 4 is 0 Å². The molecule has 0 heterocycles. The molecule has 1 fully saturated rings. The maximum Gasteiger partial charge on any atom is 0.00388 e. The second-order valence-electron chi connectivity index (χ2n) is 2.40. The van der Waals surface area contributed by atoms with Crippen LogP contribution in [0.15, 0.2) is 0 Å². The molecule has 0 unspecified atom stereocenters. The van der Waals surface area contributed by atoms with Gasteiger partial charge >= 0.3 is 0 Å². The van der Waals surface area contributed by atoms with Crippen molar-refractivity contribution in [3.63, 3.8) is 0 Å². The Morgan fingerprint density at radius 2 is 1.44 bits per heavy atom. The molecule has 9 heavy (non-hydrogen) atoms.